The highest BCUT2D eigenvalue weighted by Crippen LogP contribution is 2.25. The van der Waals surface area contributed by atoms with Gasteiger partial charge in [0, 0.05) is 18.6 Å². The van der Waals surface area contributed by atoms with Gasteiger partial charge in [0.1, 0.15) is 6.54 Å². The highest BCUT2D eigenvalue weighted by atomic mass is 19.2. The molecular weight excluding hydrogens is 305 g/mol. The van der Waals surface area contributed by atoms with Gasteiger partial charge in [0.15, 0.2) is 41.5 Å². The minimum Gasteiger partial charge on any atom is -0.868 e. The Kier molecular flexibility index (Phi) is 6.75. The molecule has 1 aromatic carbocycles. The lowest BCUT2D eigenvalue weighted by Gasteiger charge is -2.09. The minimum absolute atomic E-state index is 1.15. The number of aromatic nitrogens is 1. The van der Waals surface area contributed by atoms with Crippen LogP contribution in [0, 0.1) is 29.1 Å². The SMILES string of the molecule is CCCC[n+]1ccccc1.[O-]c1c(F)c(F)c(F)c(F)c1F. The standard InChI is InChI=1S/C9H14N.C6HF5O/c1-2-3-7-10-8-5-4-6-9-10;7-1-2(8)4(10)6(12)5(11)3(1)9/h4-6,8-9H,2-3,7H2,1H3;12H/q+1;/p-1. The fourth-order valence-corrected chi connectivity index (χ4v) is 1.51. The molecule has 0 unspecified atom stereocenters. The molecule has 1 aromatic heterocycles. The molecule has 0 saturated carbocycles. The van der Waals surface area contributed by atoms with Crippen LogP contribution in [-0.4, -0.2) is 0 Å². The van der Waals surface area contributed by atoms with Crippen molar-refractivity contribution in [3.8, 4) is 5.75 Å². The molecule has 0 atom stereocenters. The number of aryl methyl sites for hydroxylation is 1. The largest absolute Gasteiger partial charge is 0.868 e. The average Bonchev–Trinajstić information content (AvgIpc) is 2.56. The van der Waals surface area contributed by atoms with Crippen LogP contribution in [-0.2, 0) is 6.54 Å². The molecule has 0 aliphatic carbocycles. The number of halogens is 5. The number of nitrogens with zero attached hydrogens (tertiary/aromatic N) is 1. The van der Waals surface area contributed by atoms with Crippen LogP contribution >= 0.6 is 0 Å². The second-order valence-electron chi connectivity index (χ2n) is 4.37. The van der Waals surface area contributed by atoms with Crippen LogP contribution in [0.25, 0.3) is 0 Å². The molecule has 0 fully saturated rings. The third-order valence-corrected chi connectivity index (χ3v) is 2.72. The Morgan fingerprint density at radius 2 is 1.27 bits per heavy atom. The van der Waals surface area contributed by atoms with Gasteiger partial charge in [-0.3, -0.25) is 0 Å². The second-order valence-corrected chi connectivity index (χ2v) is 4.37. The molecule has 7 heteroatoms. The fourth-order valence-electron chi connectivity index (χ4n) is 1.51. The van der Waals surface area contributed by atoms with Crippen molar-refractivity contribution in [2.45, 2.75) is 26.3 Å². The lowest BCUT2D eigenvalue weighted by Crippen LogP contribution is -2.31. The zero-order valence-corrected chi connectivity index (χ0v) is 11.8. The number of pyridine rings is 1. The van der Waals surface area contributed by atoms with Crippen LogP contribution < -0.4 is 9.67 Å². The Morgan fingerprint density at radius 3 is 1.73 bits per heavy atom. The molecule has 0 bridgehead atoms. The molecular formula is C15H14F5NO. The number of unbranched alkanes of at least 4 members (excludes halogenated alkanes) is 1. The van der Waals surface area contributed by atoms with Gasteiger partial charge in [0.05, 0.1) is 0 Å². The van der Waals surface area contributed by atoms with Crippen molar-refractivity contribution in [2.24, 2.45) is 0 Å². The monoisotopic (exact) mass is 319 g/mol. The smallest absolute Gasteiger partial charge is 0.200 e. The maximum atomic E-state index is 12.1. The first-order chi connectivity index (χ1) is 10.4. The van der Waals surface area contributed by atoms with E-state index in [0.29, 0.717) is 0 Å². The molecule has 120 valence electrons. The summed E-state index contributed by atoms with van der Waals surface area (Å²) in [5.41, 5.74) is 0. The van der Waals surface area contributed by atoms with Gasteiger partial charge in [-0.15, -0.1) is 0 Å². The third kappa shape index (κ3) is 4.41. The van der Waals surface area contributed by atoms with Crippen molar-refractivity contribution in [1.29, 1.82) is 0 Å². The lowest BCUT2D eigenvalue weighted by atomic mass is 10.3. The molecule has 22 heavy (non-hydrogen) atoms. The Bertz CT molecular complexity index is 514. The van der Waals surface area contributed by atoms with Gasteiger partial charge < -0.3 is 5.11 Å². The van der Waals surface area contributed by atoms with Crippen molar-refractivity contribution in [3.63, 3.8) is 0 Å². The quantitative estimate of drug-likeness (QED) is 0.369. The van der Waals surface area contributed by atoms with Gasteiger partial charge in [0.2, 0.25) is 0 Å². The molecule has 0 aliphatic rings. The third-order valence-electron chi connectivity index (χ3n) is 2.72. The van der Waals surface area contributed by atoms with Gasteiger partial charge in [-0.1, -0.05) is 19.4 Å². The molecule has 0 amide bonds. The molecule has 0 radical (unpaired) electrons. The van der Waals surface area contributed by atoms with Gasteiger partial charge in [0.25, 0.3) is 0 Å². The summed E-state index contributed by atoms with van der Waals surface area (Å²) in [4.78, 5) is 0. The van der Waals surface area contributed by atoms with Crippen LogP contribution in [0.4, 0.5) is 22.0 Å². The van der Waals surface area contributed by atoms with E-state index in [4.69, 9.17) is 0 Å². The number of hydrogen-bond acceptors (Lipinski definition) is 1. The maximum absolute atomic E-state index is 12.1. The zero-order chi connectivity index (χ0) is 16.7. The molecule has 2 rings (SSSR count). The normalized spacial score (nSPS) is 10.1. The van der Waals surface area contributed by atoms with Crippen molar-refractivity contribution >= 4 is 0 Å². The van der Waals surface area contributed by atoms with Crippen LogP contribution in [0.3, 0.4) is 0 Å². The molecule has 0 saturated heterocycles. The van der Waals surface area contributed by atoms with Gasteiger partial charge >= 0.3 is 0 Å². The fraction of sp³-hybridized carbons (Fsp3) is 0.267. The van der Waals surface area contributed by atoms with E-state index in [9.17, 15) is 27.1 Å². The second kappa shape index (κ2) is 8.31. The number of benzene rings is 1. The average molecular weight is 319 g/mol. The van der Waals surface area contributed by atoms with Gasteiger partial charge in [-0.25, -0.2) is 26.5 Å². The van der Waals surface area contributed by atoms with Crippen molar-refractivity contribution < 1.29 is 31.6 Å². The Labute approximate surface area is 124 Å². The summed E-state index contributed by atoms with van der Waals surface area (Å²) >= 11 is 0. The topological polar surface area (TPSA) is 26.9 Å². The highest BCUT2D eigenvalue weighted by Gasteiger charge is 2.20. The number of rotatable bonds is 3. The summed E-state index contributed by atoms with van der Waals surface area (Å²) in [7, 11) is 0. The zero-order valence-electron chi connectivity index (χ0n) is 11.8. The van der Waals surface area contributed by atoms with Gasteiger partial charge in [-0.2, -0.15) is 0 Å². The van der Waals surface area contributed by atoms with E-state index < -0.39 is 34.8 Å². The summed E-state index contributed by atoms with van der Waals surface area (Å²) in [6.45, 7) is 3.36. The van der Waals surface area contributed by atoms with E-state index in [1.54, 1.807) is 0 Å². The van der Waals surface area contributed by atoms with Crippen molar-refractivity contribution in [2.75, 3.05) is 0 Å². The van der Waals surface area contributed by atoms with Crippen molar-refractivity contribution in [3.05, 3.63) is 59.7 Å². The predicted molar refractivity (Wildman–Crippen MR) is 67.2 cm³/mol. The Morgan fingerprint density at radius 1 is 0.818 bits per heavy atom. The van der Waals surface area contributed by atoms with Crippen LogP contribution in [0.5, 0.6) is 5.75 Å². The van der Waals surface area contributed by atoms with Crippen molar-refractivity contribution in [1.82, 2.24) is 0 Å². The first-order valence-electron chi connectivity index (χ1n) is 6.52. The molecule has 0 spiro atoms. The molecule has 2 nitrogen and oxygen atoms in total. The first-order valence-corrected chi connectivity index (χ1v) is 6.52. The van der Waals surface area contributed by atoms with E-state index >= 15 is 0 Å². The van der Waals surface area contributed by atoms with E-state index in [2.05, 4.69) is 36.0 Å². The summed E-state index contributed by atoms with van der Waals surface area (Å²) in [6, 6.07) is 6.17. The summed E-state index contributed by atoms with van der Waals surface area (Å²) in [5, 5.41) is 10.2. The Hall–Kier alpha value is -2.18. The molecule has 0 N–H and O–H groups in total. The summed E-state index contributed by atoms with van der Waals surface area (Å²) in [5.74, 6) is -13.6. The minimum atomic E-state index is -2.33. The first kappa shape index (κ1) is 17.9. The molecule has 2 aromatic rings. The van der Waals surface area contributed by atoms with Crippen LogP contribution in [0.1, 0.15) is 19.8 Å². The number of hydrogen-bond donors (Lipinski definition) is 0. The Balaban J connectivity index is 0.000000224. The predicted octanol–water partition coefficient (Wildman–Crippen LogP) is 3.23. The van der Waals surface area contributed by atoms with Crippen LogP contribution in [0.15, 0.2) is 30.6 Å². The molecule has 1 heterocycles. The lowest BCUT2D eigenvalue weighted by molar-refractivity contribution is -0.697. The van der Waals surface area contributed by atoms with E-state index in [1.807, 2.05) is 6.07 Å². The maximum Gasteiger partial charge on any atom is 0.200 e. The van der Waals surface area contributed by atoms with Crippen LogP contribution in [0.2, 0.25) is 0 Å². The van der Waals surface area contributed by atoms with E-state index in [-0.39, 0.29) is 0 Å². The van der Waals surface area contributed by atoms with Gasteiger partial charge in [-0.05, 0) is 5.75 Å². The highest BCUT2D eigenvalue weighted by molar-refractivity contribution is 5.26. The van der Waals surface area contributed by atoms with E-state index in [1.165, 1.54) is 12.8 Å². The molecule has 0 aliphatic heterocycles. The summed E-state index contributed by atoms with van der Waals surface area (Å²) in [6.07, 6.45) is 6.75. The van der Waals surface area contributed by atoms with E-state index in [0.717, 1.165) is 6.54 Å². The summed E-state index contributed by atoms with van der Waals surface area (Å²) < 4.78 is 62.6.